The van der Waals surface area contributed by atoms with Crippen molar-refractivity contribution in [1.29, 1.82) is 0 Å². The first-order chi connectivity index (χ1) is 9.63. The maximum Gasteiger partial charge on any atom is 0.126 e. The Morgan fingerprint density at radius 2 is 1.85 bits per heavy atom. The topological polar surface area (TPSA) is 12.0 Å². The van der Waals surface area contributed by atoms with E-state index in [-0.39, 0.29) is 11.9 Å². The molecule has 2 heteroatoms. The molecule has 1 aliphatic rings. The van der Waals surface area contributed by atoms with E-state index in [1.807, 2.05) is 6.07 Å². The molecule has 0 aliphatic heterocycles. The molecular weight excluding hydrogens is 249 g/mol. The second kappa shape index (κ2) is 5.28. The lowest BCUT2D eigenvalue weighted by molar-refractivity contribution is 0.618. The Labute approximate surface area is 119 Å². The van der Waals surface area contributed by atoms with Gasteiger partial charge in [-0.1, -0.05) is 18.2 Å². The van der Waals surface area contributed by atoms with E-state index in [2.05, 4.69) is 30.4 Å². The third kappa shape index (κ3) is 2.55. The summed E-state index contributed by atoms with van der Waals surface area (Å²) in [6, 6.07) is 12.2. The van der Waals surface area contributed by atoms with Crippen LogP contribution in [0.15, 0.2) is 36.4 Å². The molecular formula is C18H20FN. The fourth-order valence-electron chi connectivity index (χ4n) is 2.93. The van der Waals surface area contributed by atoms with Crippen LogP contribution in [0, 0.1) is 12.7 Å². The standard InChI is InChI=1S/C18H20FN/c1-12-10-17(8-9-18(12)19)20-13(2)15-7-6-14-4-3-5-16(14)11-15/h6-11,13,20H,3-5H2,1-2H3. The molecule has 0 bridgehead atoms. The highest BCUT2D eigenvalue weighted by molar-refractivity contribution is 5.48. The van der Waals surface area contributed by atoms with Crippen molar-refractivity contribution in [3.05, 3.63) is 64.5 Å². The minimum atomic E-state index is -0.152. The summed E-state index contributed by atoms with van der Waals surface area (Å²) in [5.41, 5.74) is 5.94. The van der Waals surface area contributed by atoms with Gasteiger partial charge in [0, 0.05) is 11.7 Å². The SMILES string of the molecule is Cc1cc(NC(C)c2ccc3c(c2)CCC3)ccc1F. The van der Waals surface area contributed by atoms with Crippen LogP contribution in [0.2, 0.25) is 0 Å². The summed E-state index contributed by atoms with van der Waals surface area (Å²) < 4.78 is 13.3. The van der Waals surface area contributed by atoms with Crippen LogP contribution in [0.25, 0.3) is 0 Å². The summed E-state index contributed by atoms with van der Waals surface area (Å²) in [5.74, 6) is -0.152. The Balaban J connectivity index is 1.78. The molecule has 1 atom stereocenters. The molecule has 1 nitrogen and oxygen atoms in total. The van der Waals surface area contributed by atoms with Crippen molar-refractivity contribution in [2.45, 2.75) is 39.2 Å². The number of aryl methyl sites for hydroxylation is 3. The zero-order valence-corrected chi connectivity index (χ0v) is 12.0. The highest BCUT2D eigenvalue weighted by Crippen LogP contribution is 2.27. The number of rotatable bonds is 3. The van der Waals surface area contributed by atoms with Gasteiger partial charge in [0.25, 0.3) is 0 Å². The fourth-order valence-corrected chi connectivity index (χ4v) is 2.93. The lowest BCUT2D eigenvalue weighted by atomic mass is 10.0. The zero-order chi connectivity index (χ0) is 14.1. The van der Waals surface area contributed by atoms with Gasteiger partial charge in [-0.25, -0.2) is 4.39 Å². The van der Waals surface area contributed by atoms with Crippen molar-refractivity contribution in [3.8, 4) is 0 Å². The van der Waals surface area contributed by atoms with Gasteiger partial charge in [0.05, 0.1) is 0 Å². The predicted molar refractivity (Wildman–Crippen MR) is 81.6 cm³/mol. The maximum atomic E-state index is 13.3. The van der Waals surface area contributed by atoms with Gasteiger partial charge in [0.15, 0.2) is 0 Å². The maximum absolute atomic E-state index is 13.3. The number of hydrogen-bond acceptors (Lipinski definition) is 1. The van der Waals surface area contributed by atoms with Gasteiger partial charge < -0.3 is 5.32 Å². The molecule has 2 aromatic rings. The Morgan fingerprint density at radius 1 is 1.05 bits per heavy atom. The number of hydrogen-bond donors (Lipinski definition) is 1. The second-order valence-corrected chi connectivity index (χ2v) is 5.71. The van der Waals surface area contributed by atoms with Gasteiger partial charge in [-0.2, -0.15) is 0 Å². The van der Waals surface area contributed by atoms with Gasteiger partial charge in [-0.05, 0) is 73.6 Å². The van der Waals surface area contributed by atoms with Gasteiger partial charge in [0.1, 0.15) is 5.82 Å². The zero-order valence-electron chi connectivity index (χ0n) is 12.0. The van der Waals surface area contributed by atoms with Crippen molar-refractivity contribution >= 4 is 5.69 Å². The van der Waals surface area contributed by atoms with Gasteiger partial charge in [-0.3, -0.25) is 0 Å². The second-order valence-electron chi connectivity index (χ2n) is 5.71. The normalized spacial score (nSPS) is 14.9. The van der Waals surface area contributed by atoms with Crippen LogP contribution in [0.4, 0.5) is 10.1 Å². The molecule has 20 heavy (non-hydrogen) atoms. The lowest BCUT2D eigenvalue weighted by Gasteiger charge is -2.17. The van der Waals surface area contributed by atoms with Crippen LogP contribution in [0.5, 0.6) is 0 Å². The molecule has 3 rings (SSSR count). The monoisotopic (exact) mass is 269 g/mol. The Bertz CT molecular complexity index is 633. The minimum Gasteiger partial charge on any atom is -0.379 e. The first-order valence-corrected chi connectivity index (χ1v) is 7.28. The summed E-state index contributed by atoms with van der Waals surface area (Å²) in [6.45, 7) is 3.94. The third-order valence-corrected chi connectivity index (χ3v) is 4.16. The first kappa shape index (κ1) is 13.2. The molecule has 104 valence electrons. The molecule has 0 saturated carbocycles. The fraction of sp³-hybridized carbons (Fsp3) is 0.333. The van der Waals surface area contributed by atoms with Gasteiger partial charge >= 0.3 is 0 Å². The highest BCUT2D eigenvalue weighted by Gasteiger charge is 2.13. The first-order valence-electron chi connectivity index (χ1n) is 7.28. The average Bonchev–Trinajstić information content (AvgIpc) is 2.90. The molecule has 2 aromatic carbocycles. The Hall–Kier alpha value is -1.83. The number of nitrogens with one attached hydrogen (secondary N) is 1. The lowest BCUT2D eigenvalue weighted by Crippen LogP contribution is -2.07. The van der Waals surface area contributed by atoms with Crippen molar-refractivity contribution in [3.63, 3.8) is 0 Å². The van der Waals surface area contributed by atoms with Crippen LogP contribution in [-0.2, 0) is 12.8 Å². The van der Waals surface area contributed by atoms with Gasteiger partial charge in [0.2, 0.25) is 0 Å². The van der Waals surface area contributed by atoms with E-state index in [9.17, 15) is 4.39 Å². The van der Waals surface area contributed by atoms with Crippen molar-refractivity contribution in [2.24, 2.45) is 0 Å². The number of fused-ring (bicyclic) bond motifs is 1. The van der Waals surface area contributed by atoms with E-state index in [1.165, 1.54) is 42.0 Å². The van der Waals surface area contributed by atoms with E-state index >= 15 is 0 Å². The van der Waals surface area contributed by atoms with Gasteiger partial charge in [-0.15, -0.1) is 0 Å². The quantitative estimate of drug-likeness (QED) is 0.844. The summed E-state index contributed by atoms with van der Waals surface area (Å²) in [7, 11) is 0. The van der Waals surface area contributed by atoms with Crippen LogP contribution in [0.1, 0.15) is 41.6 Å². The number of benzene rings is 2. The highest BCUT2D eigenvalue weighted by atomic mass is 19.1. The van der Waals surface area contributed by atoms with Crippen LogP contribution >= 0.6 is 0 Å². The minimum absolute atomic E-state index is 0.152. The smallest absolute Gasteiger partial charge is 0.126 e. The third-order valence-electron chi connectivity index (χ3n) is 4.16. The summed E-state index contributed by atoms with van der Waals surface area (Å²) >= 11 is 0. The summed E-state index contributed by atoms with van der Waals surface area (Å²) in [4.78, 5) is 0. The van der Waals surface area contributed by atoms with Crippen molar-refractivity contribution in [1.82, 2.24) is 0 Å². The average molecular weight is 269 g/mol. The van der Waals surface area contributed by atoms with Crippen LogP contribution in [0.3, 0.4) is 0 Å². The Kier molecular flexibility index (Phi) is 3.47. The molecule has 0 fully saturated rings. The molecule has 0 heterocycles. The van der Waals surface area contributed by atoms with Crippen molar-refractivity contribution in [2.75, 3.05) is 5.32 Å². The van der Waals surface area contributed by atoms with E-state index < -0.39 is 0 Å². The number of anilines is 1. The summed E-state index contributed by atoms with van der Waals surface area (Å²) in [5, 5.41) is 3.45. The predicted octanol–water partition coefficient (Wildman–Crippen LogP) is 4.80. The van der Waals surface area contributed by atoms with E-state index in [4.69, 9.17) is 0 Å². The van der Waals surface area contributed by atoms with E-state index in [0.717, 1.165) is 5.69 Å². The molecule has 0 amide bonds. The molecule has 1 aliphatic carbocycles. The number of halogens is 1. The van der Waals surface area contributed by atoms with Crippen LogP contribution in [-0.4, -0.2) is 0 Å². The molecule has 1 unspecified atom stereocenters. The molecule has 0 radical (unpaired) electrons. The summed E-state index contributed by atoms with van der Waals surface area (Å²) in [6.07, 6.45) is 3.69. The molecule has 1 N–H and O–H groups in total. The molecule has 0 saturated heterocycles. The largest absolute Gasteiger partial charge is 0.379 e. The molecule has 0 aromatic heterocycles. The van der Waals surface area contributed by atoms with E-state index in [0.29, 0.717) is 5.56 Å². The van der Waals surface area contributed by atoms with Crippen molar-refractivity contribution < 1.29 is 4.39 Å². The Morgan fingerprint density at radius 3 is 2.65 bits per heavy atom. The van der Waals surface area contributed by atoms with E-state index in [1.54, 1.807) is 13.0 Å². The van der Waals surface area contributed by atoms with Crippen LogP contribution < -0.4 is 5.32 Å². The molecule has 0 spiro atoms.